The first-order valence-corrected chi connectivity index (χ1v) is 11.9. The Morgan fingerprint density at radius 3 is 2.62 bits per heavy atom. The molecule has 8 heteroatoms. The van der Waals surface area contributed by atoms with Gasteiger partial charge in [-0.05, 0) is 71.6 Å². The van der Waals surface area contributed by atoms with Crippen molar-refractivity contribution < 1.29 is 9.57 Å². The first-order chi connectivity index (χ1) is 16.1. The quantitative estimate of drug-likeness (QED) is 0.482. The van der Waals surface area contributed by atoms with E-state index < -0.39 is 10.8 Å². The van der Waals surface area contributed by atoms with Crippen LogP contribution in [0.2, 0.25) is 0 Å². The summed E-state index contributed by atoms with van der Waals surface area (Å²) in [5, 5.41) is 13.9. The normalized spacial score (nSPS) is 22.4. The molecule has 0 unspecified atom stereocenters. The highest BCUT2D eigenvalue weighted by molar-refractivity contribution is 6.15. The van der Waals surface area contributed by atoms with Crippen molar-refractivity contribution in [1.82, 2.24) is 9.97 Å². The highest BCUT2D eigenvalue weighted by Crippen LogP contribution is 2.45. The van der Waals surface area contributed by atoms with Gasteiger partial charge in [0.05, 0.1) is 29.0 Å². The standard InChI is InChI=1S/C26H34N6O2/c1-25(2,14-27)11-12-33-32-23-20-13-18(34-17-7-5-16(28)6-8-17)9-10-19(20)22-21(26(23,3)4)24(29)31-15-30-22/h9-10,13,15-17H,5-8,11-12,28H2,1-4H3,(H2,29,30,31)/b32-23+/t16-,17+. The number of anilines is 1. The lowest BCUT2D eigenvalue weighted by Crippen LogP contribution is -2.36. The van der Waals surface area contributed by atoms with E-state index in [0.717, 1.165) is 59.5 Å². The van der Waals surface area contributed by atoms with Crippen LogP contribution >= 0.6 is 0 Å². The van der Waals surface area contributed by atoms with Gasteiger partial charge in [0.25, 0.3) is 0 Å². The van der Waals surface area contributed by atoms with Crippen molar-refractivity contribution in [3.63, 3.8) is 0 Å². The van der Waals surface area contributed by atoms with Gasteiger partial charge in [0, 0.05) is 34.6 Å². The minimum atomic E-state index is -0.589. The molecule has 4 rings (SSSR count). The molecule has 2 aliphatic carbocycles. The molecule has 180 valence electrons. The van der Waals surface area contributed by atoms with Gasteiger partial charge >= 0.3 is 0 Å². The number of oxime groups is 1. The fourth-order valence-corrected chi connectivity index (χ4v) is 4.70. The summed E-state index contributed by atoms with van der Waals surface area (Å²) >= 11 is 0. The summed E-state index contributed by atoms with van der Waals surface area (Å²) in [5.41, 5.74) is 15.5. The Bertz CT molecular complexity index is 1130. The minimum Gasteiger partial charge on any atom is -0.490 e. The molecule has 34 heavy (non-hydrogen) atoms. The van der Waals surface area contributed by atoms with Crippen molar-refractivity contribution in [2.75, 3.05) is 12.3 Å². The number of aromatic nitrogens is 2. The predicted molar refractivity (Wildman–Crippen MR) is 132 cm³/mol. The maximum atomic E-state index is 9.28. The van der Waals surface area contributed by atoms with Gasteiger partial charge in [-0.3, -0.25) is 0 Å². The monoisotopic (exact) mass is 462 g/mol. The predicted octanol–water partition coefficient (Wildman–Crippen LogP) is 4.33. The number of hydrogen-bond acceptors (Lipinski definition) is 8. The van der Waals surface area contributed by atoms with E-state index in [1.54, 1.807) is 0 Å². The lowest BCUT2D eigenvalue weighted by molar-refractivity contribution is 0.122. The molecule has 0 radical (unpaired) electrons. The average Bonchev–Trinajstić information content (AvgIpc) is 2.79. The number of nitrogens with zero attached hydrogens (tertiary/aromatic N) is 4. The third-order valence-corrected chi connectivity index (χ3v) is 6.89. The van der Waals surface area contributed by atoms with Gasteiger partial charge in [0.15, 0.2) is 0 Å². The summed E-state index contributed by atoms with van der Waals surface area (Å²) in [6, 6.07) is 8.57. The van der Waals surface area contributed by atoms with Gasteiger partial charge in [-0.25, -0.2) is 9.97 Å². The van der Waals surface area contributed by atoms with Crippen LogP contribution in [-0.2, 0) is 10.3 Å². The van der Waals surface area contributed by atoms with Crippen LogP contribution in [0.1, 0.15) is 70.9 Å². The van der Waals surface area contributed by atoms with Crippen LogP contribution in [0.15, 0.2) is 29.7 Å². The van der Waals surface area contributed by atoms with Crippen molar-refractivity contribution in [2.45, 2.75) is 77.4 Å². The summed E-state index contributed by atoms with van der Waals surface area (Å²) in [7, 11) is 0. The molecular formula is C26H34N6O2. The van der Waals surface area contributed by atoms with Gasteiger partial charge in [-0.2, -0.15) is 5.26 Å². The molecule has 0 spiro atoms. The molecule has 0 aliphatic heterocycles. The zero-order valence-electron chi connectivity index (χ0n) is 20.5. The van der Waals surface area contributed by atoms with E-state index >= 15 is 0 Å². The highest BCUT2D eigenvalue weighted by Gasteiger charge is 2.41. The third-order valence-electron chi connectivity index (χ3n) is 6.89. The van der Waals surface area contributed by atoms with E-state index in [0.29, 0.717) is 18.8 Å². The molecule has 1 saturated carbocycles. The van der Waals surface area contributed by atoms with Gasteiger partial charge in [0.1, 0.15) is 24.5 Å². The lowest BCUT2D eigenvalue weighted by atomic mass is 9.70. The topological polar surface area (TPSA) is 132 Å². The van der Waals surface area contributed by atoms with E-state index in [9.17, 15) is 5.26 Å². The summed E-state index contributed by atoms with van der Waals surface area (Å²) in [6.45, 7) is 8.21. The second kappa shape index (κ2) is 9.22. The third kappa shape index (κ3) is 4.71. The lowest BCUT2D eigenvalue weighted by Gasteiger charge is -2.35. The highest BCUT2D eigenvalue weighted by atomic mass is 16.6. The van der Waals surface area contributed by atoms with Crippen LogP contribution in [0.4, 0.5) is 5.82 Å². The number of benzene rings is 1. The van der Waals surface area contributed by atoms with Crippen LogP contribution < -0.4 is 16.2 Å². The van der Waals surface area contributed by atoms with Crippen molar-refractivity contribution in [3.05, 3.63) is 35.7 Å². The second-order valence-corrected chi connectivity index (χ2v) is 10.5. The zero-order valence-corrected chi connectivity index (χ0v) is 20.5. The largest absolute Gasteiger partial charge is 0.490 e. The molecule has 1 aromatic heterocycles. The van der Waals surface area contributed by atoms with E-state index in [4.69, 9.17) is 21.0 Å². The van der Waals surface area contributed by atoms with Crippen molar-refractivity contribution in [2.24, 2.45) is 16.3 Å². The fraction of sp³-hybridized carbons (Fsp3) is 0.538. The van der Waals surface area contributed by atoms with E-state index in [-0.39, 0.29) is 12.1 Å². The number of nitriles is 1. The van der Waals surface area contributed by atoms with Crippen LogP contribution in [0.25, 0.3) is 11.3 Å². The molecular weight excluding hydrogens is 428 g/mol. The van der Waals surface area contributed by atoms with E-state index in [2.05, 4.69) is 21.2 Å². The summed E-state index contributed by atoms with van der Waals surface area (Å²) in [4.78, 5) is 14.6. The first kappa shape index (κ1) is 24.0. The van der Waals surface area contributed by atoms with Crippen LogP contribution in [0.5, 0.6) is 5.75 Å². The smallest absolute Gasteiger partial charge is 0.131 e. The van der Waals surface area contributed by atoms with Gasteiger partial charge in [-0.1, -0.05) is 5.16 Å². The number of nitrogen functional groups attached to an aromatic ring is 1. The first-order valence-electron chi connectivity index (χ1n) is 11.9. The Morgan fingerprint density at radius 1 is 1.18 bits per heavy atom. The van der Waals surface area contributed by atoms with E-state index in [1.165, 1.54) is 6.33 Å². The molecule has 1 aromatic carbocycles. The minimum absolute atomic E-state index is 0.157. The summed E-state index contributed by atoms with van der Waals surface area (Å²) in [6.07, 6.45) is 6.08. The fourth-order valence-electron chi connectivity index (χ4n) is 4.70. The van der Waals surface area contributed by atoms with Crippen molar-refractivity contribution in [3.8, 4) is 23.1 Å². The number of rotatable bonds is 6. The second-order valence-electron chi connectivity index (χ2n) is 10.5. The van der Waals surface area contributed by atoms with Crippen LogP contribution in [0, 0.1) is 16.7 Å². The van der Waals surface area contributed by atoms with E-state index in [1.807, 2.05) is 45.9 Å². The molecule has 1 fully saturated rings. The number of fused-ring (bicyclic) bond motifs is 3. The summed E-state index contributed by atoms with van der Waals surface area (Å²) in [5.74, 6) is 1.22. The van der Waals surface area contributed by atoms with Crippen molar-refractivity contribution in [1.29, 1.82) is 5.26 Å². The number of ether oxygens (including phenoxy) is 1. The van der Waals surface area contributed by atoms with Gasteiger partial charge < -0.3 is 21.0 Å². The SMILES string of the molecule is CC(C)(C#N)CCO/N=C1\c2cc(O[C@H]3CC[C@@H](N)CC3)ccc2-c2ncnc(N)c2C1(C)C. The van der Waals surface area contributed by atoms with Crippen LogP contribution in [-0.4, -0.2) is 34.4 Å². The molecule has 0 saturated heterocycles. The van der Waals surface area contributed by atoms with Gasteiger partial charge in [0.2, 0.25) is 0 Å². The molecule has 0 bridgehead atoms. The van der Waals surface area contributed by atoms with Gasteiger partial charge in [-0.15, -0.1) is 0 Å². The Morgan fingerprint density at radius 2 is 1.91 bits per heavy atom. The number of hydrogen-bond donors (Lipinski definition) is 2. The zero-order chi connectivity index (χ0) is 24.5. The molecule has 2 aromatic rings. The Balaban J connectivity index is 1.70. The molecule has 4 N–H and O–H groups in total. The number of nitrogens with two attached hydrogens (primary N) is 2. The Labute approximate surface area is 201 Å². The molecule has 8 nitrogen and oxygen atoms in total. The average molecular weight is 463 g/mol. The molecule has 0 amide bonds. The molecule has 2 aliphatic rings. The van der Waals surface area contributed by atoms with Crippen molar-refractivity contribution >= 4 is 11.5 Å². The Hall–Kier alpha value is -3.18. The Kier molecular flexibility index (Phi) is 6.50. The summed E-state index contributed by atoms with van der Waals surface area (Å²) < 4.78 is 6.34. The molecule has 1 heterocycles. The molecule has 0 atom stereocenters. The maximum Gasteiger partial charge on any atom is 0.131 e. The van der Waals surface area contributed by atoms with Crippen LogP contribution in [0.3, 0.4) is 0 Å². The maximum absolute atomic E-state index is 9.28.